The lowest BCUT2D eigenvalue weighted by atomic mass is 9.70. The first-order chi connectivity index (χ1) is 10.3. The van der Waals surface area contributed by atoms with Crippen molar-refractivity contribution in [3.63, 3.8) is 0 Å². The van der Waals surface area contributed by atoms with E-state index in [4.69, 9.17) is 28.0 Å². The Morgan fingerprint density at radius 3 is 2.59 bits per heavy atom. The third kappa shape index (κ3) is 2.26. The number of nitrogens with zero attached hydrogens (tertiary/aromatic N) is 1. The molecule has 3 rings (SSSR count). The van der Waals surface area contributed by atoms with Gasteiger partial charge in [-0.2, -0.15) is 0 Å². The third-order valence-corrected chi connectivity index (χ3v) is 6.45. The third-order valence-electron chi connectivity index (χ3n) is 5.90. The first-order valence-electron chi connectivity index (χ1n) is 7.49. The summed E-state index contributed by atoms with van der Waals surface area (Å²) >= 11 is 11.9. The van der Waals surface area contributed by atoms with Crippen LogP contribution in [0.5, 0.6) is 0 Å². The molecule has 0 aromatic heterocycles. The number of hydrogen-bond donors (Lipinski definition) is 0. The molecule has 118 valence electrons. The van der Waals surface area contributed by atoms with E-state index in [2.05, 4.69) is 25.9 Å². The van der Waals surface area contributed by atoms with Gasteiger partial charge in [-0.1, -0.05) is 49.1 Å². The highest BCUT2D eigenvalue weighted by Crippen LogP contribution is 2.64. The molecule has 0 N–H and O–H groups in total. The minimum absolute atomic E-state index is 0.0156. The van der Waals surface area contributed by atoms with Crippen molar-refractivity contribution >= 4 is 34.9 Å². The Labute approximate surface area is 140 Å². The van der Waals surface area contributed by atoms with E-state index < -0.39 is 5.97 Å². The Morgan fingerprint density at radius 1 is 1.32 bits per heavy atom. The van der Waals surface area contributed by atoms with Gasteiger partial charge >= 0.3 is 5.97 Å². The largest absolute Gasteiger partial charge is 0.367 e. The fraction of sp³-hybridized carbons (Fsp3) is 0.529. The normalized spacial score (nSPS) is 30.8. The molecule has 0 saturated heterocycles. The average Bonchev–Trinajstić information content (AvgIpc) is 2.77. The zero-order chi connectivity index (χ0) is 16.1. The molecule has 0 unspecified atom stereocenters. The first-order valence-corrected chi connectivity index (χ1v) is 8.25. The van der Waals surface area contributed by atoms with Crippen LogP contribution in [0.25, 0.3) is 0 Å². The first kappa shape index (κ1) is 15.8. The molecule has 0 radical (unpaired) electrons. The molecule has 0 spiro atoms. The quantitative estimate of drug-likeness (QED) is 0.537. The topological polar surface area (TPSA) is 38.7 Å². The van der Waals surface area contributed by atoms with Crippen molar-refractivity contribution in [3.8, 4) is 0 Å². The monoisotopic (exact) mass is 339 g/mol. The maximum absolute atomic E-state index is 12.1. The van der Waals surface area contributed by atoms with Crippen molar-refractivity contribution in [2.24, 2.45) is 21.9 Å². The van der Waals surface area contributed by atoms with Gasteiger partial charge < -0.3 is 4.84 Å². The van der Waals surface area contributed by atoms with Crippen LogP contribution in [-0.2, 0) is 4.84 Å². The molecule has 2 atom stereocenters. The molecule has 2 bridgehead atoms. The standard InChI is InChI=1S/C17H19Cl2NO2/c1-16(2)10-6-7-17(16,3)14(8-10)20-22-15(21)12-5-4-11(18)9-13(12)19/h4-5,9-10H,6-8H2,1-3H3/b20-14+/t10-,17-/m1/s1. The molecule has 0 amide bonds. The summed E-state index contributed by atoms with van der Waals surface area (Å²) in [4.78, 5) is 17.3. The zero-order valence-electron chi connectivity index (χ0n) is 13.0. The minimum atomic E-state index is -0.543. The van der Waals surface area contributed by atoms with E-state index in [-0.39, 0.29) is 21.4 Å². The van der Waals surface area contributed by atoms with Gasteiger partial charge in [-0.05, 0) is 48.8 Å². The fourth-order valence-electron chi connectivity index (χ4n) is 3.87. The van der Waals surface area contributed by atoms with Gasteiger partial charge in [0.1, 0.15) is 0 Å². The molecule has 0 heterocycles. The van der Waals surface area contributed by atoms with E-state index in [1.165, 1.54) is 12.5 Å². The molecule has 3 nitrogen and oxygen atoms in total. The number of rotatable bonds is 2. The van der Waals surface area contributed by atoms with Crippen LogP contribution in [0.3, 0.4) is 0 Å². The fourth-order valence-corrected chi connectivity index (χ4v) is 4.35. The van der Waals surface area contributed by atoms with Crippen LogP contribution in [0.4, 0.5) is 0 Å². The maximum Gasteiger partial charge on any atom is 0.367 e. The van der Waals surface area contributed by atoms with Crippen LogP contribution < -0.4 is 0 Å². The van der Waals surface area contributed by atoms with Gasteiger partial charge in [0.2, 0.25) is 0 Å². The Morgan fingerprint density at radius 2 is 2.05 bits per heavy atom. The van der Waals surface area contributed by atoms with E-state index in [1.54, 1.807) is 12.1 Å². The van der Waals surface area contributed by atoms with Gasteiger partial charge in [-0.15, -0.1) is 0 Å². The van der Waals surface area contributed by atoms with Crippen LogP contribution in [0.2, 0.25) is 10.0 Å². The summed E-state index contributed by atoms with van der Waals surface area (Å²) in [7, 11) is 0. The molecule has 22 heavy (non-hydrogen) atoms. The SMILES string of the molecule is CC1(C)[C@@H]2CC[C@]1(C)/C(=N/OC(=O)c1ccc(Cl)cc1Cl)C2. The molecular formula is C17H19Cl2NO2. The summed E-state index contributed by atoms with van der Waals surface area (Å²) in [6.45, 7) is 6.79. The number of carbonyl (C=O) groups is 1. The molecule has 2 aliphatic carbocycles. The van der Waals surface area contributed by atoms with Crippen molar-refractivity contribution in [3.05, 3.63) is 33.8 Å². The van der Waals surface area contributed by atoms with E-state index in [1.807, 2.05) is 0 Å². The molecule has 5 heteroatoms. The second-order valence-corrected chi connectivity index (χ2v) is 7.88. The van der Waals surface area contributed by atoms with E-state index >= 15 is 0 Å². The lowest BCUT2D eigenvalue weighted by molar-refractivity contribution is 0.0508. The number of carbonyl (C=O) groups excluding carboxylic acids is 1. The lowest BCUT2D eigenvalue weighted by Gasteiger charge is -2.34. The summed E-state index contributed by atoms with van der Waals surface area (Å²) in [5.41, 5.74) is 1.49. The number of fused-ring (bicyclic) bond motifs is 2. The second-order valence-electron chi connectivity index (χ2n) is 7.03. The van der Waals surface area contributed by atoms with Gasteiger partial charge in [0, 0.05) is 10.4 Å². The Balaban J connectivity index is 1.79. The van der Waals surface area contributed by atoms with Crippen LogP contribution in [0, 0.1) is 16.7 Å². The summed E-state index contributed by atoms with van der Waals surface area (Å²) in [5.74, 6) is 0.0763. The Bertz CT molecular complexity index is 669. The average molecular weight is 340 g/mol. The summed E-state index contributed by atoms with van der Waals surface area (Å²) < 4.78 is 0. The maximum atomic E-state index is 12.1. The Kier molecular flexibility index (Phi) is 3.77. The van der Waals surface area contributed by atoms with Crippen molar-refractivity contribution < 1.29 is 9.63 Å². The number of halogens is 2. The van der Waals surface area contributed by atoms with Gasteiger partial charge in [-0.25, -0.2) is 4.79 Å². The molecule has 2 fully saturated rings. The number of oxime groups is 1. The van der Waals surface area contributed by atoms with Gasteiger partial charge in [0.25, 0.3) is 0 Å². The predicted octanol–water partition coefficient (Wildman–Crippen LogP) is 5.35. The van der Waals surface area contributed by atoms with Gasteiger partial charge in [0.05, 0.1) is 16.3 Å². The highest BCUT2D eigenvalue weighted by atomic mass is 35.5. The van der Waals surface area contributed by atoms with E-state index in [0.717, 1.165) is 18.6 Å². The summed E-state index contributed by atoms with van der Waals surface area (Å²) in [6, 6.07) is 4.69. The lowest BCUT2D eigenvalue weighted by Crippen LogP contribution is -2.32. The van der Waals surface area contributed by atoms with Crippen molar-refractivity contribution in [2.45, 2.75) is 40.0 Å². The van der Waals surface area contributed by atoms with Crippen molar-refractivity contribution in [2.75, 3.05) is 0 Å². The van der Waals surface area contributed by atoms with Gasteiger partial charge in [0.15, 0.2) is 0 Å². The summed E-state index contributed by atoms with van der Waals surface area (Å²) in [5, 5.41) is 4.95. The predicted molar refractivity (Wildman–Crippen MR) is 88.5 cm³/mol. The second kappa shape index (κ2) is 5.24. The smallest absolute Gasteiger partial charge is 0.313 e. The van der Waals surface area contributed by atoms with Crippen LogP contribution in [-0.4, -0.2) is 11.7 Å². The highest BCUT2D eigenvalue weighted by Gasteiger charge is 2.60. The van der Waals surface area contributed by atoms with E-state index in [9.17, 15) is 4.79 Å². The molecule has 1 aromatic rings. The Hall–Kier alpha value is -1.06. The zero-order valence-corrected chi connectivity index (χ0v) is 14.5. The number of benzene rings is 1. The van der Waals surface area contributed by atoms with Crippen molar-refractivity contribution in [1.82, 2.24) is 0 Å². The van der Waals surface area contributed by atoms with Crippen molar-refractivity contribution in [1.29, 1.82) is 0 Å². The molecule has 1 aromatic carbocycles. The van der Waals surface area contributed by atoms with Crippen LogP contribution in [0.1, 0.15) is 50.4 Å². The van der Waals surface area contributed by atoms with Crippen LogP contribution in [0.15, 0.2) is 23.4 Å². The summed E-state index contributed by atoms with van der Waals surface area (Å²) in [6.07, 6.45) is 3.23. The molecular weight excluding hydrogens is 321 g/mol. The molecule has 2 aliphatic rings. The molecule has 2 saturated carbocycles. The minimum Gasteiger partial charge on any atom is -0.313 e. The highest BCUT2D eigenvalue weighted by molar-refractivity contribution is 6.36. The van der Waals surface area contributed by atoms with E-state index in [0.29, 0.717) is 10.9 Å². The molecule has 0 aliphatic heterocycles. The van der Waals surface area contributed by atoms with Crippen LogP contribution >= 0.6 is 23.2 Å². The van der Waals surface area contributed by atoms with Gasteiger partial charge in [-0.3, -0.25) is 0 Å². The number of hydrogen-bond acceptors (Lipinski definition) is 3.